The molecule has 1 aliphatic heterocycles. The van der Waals surface area contributed by atoms with Crippen molar-refractivity contribution in [2.24, 2.45) is 0 Å². The van der Waals surface area contributed by atoms with Crippen LogP contribution in [0.3, 0.4) is 0 Å². The third kappa shape index (κ3) is 2.79. The van der Waals surface area contributed by atoms with Gasteiger partial charge in [-0.15, -0.1) is 0 Å². The summed E-state index contributed by atoms with van der Waals surface area (Å²) in [6.45, 7) is 3.94. The second-order valence-electron chi connectivity index (χ2n) is 5.21. The van der Waals surface area contributed by atoms with E-state index in [0.29, 0.717) is 5.15 Å². The van der Waals surface area contributed by atoms with E-state index in [-0.39, 0.29) is 6.04 Å². The molecule has 0 amide bonds. The molecule has 2 N–H and O–H groups in total. The topological polar surface area (TPSA) is 37.0 Å². The molecule has 2 aromatic rings. The number of aryl methyl sites for hydroxylation is 1. The summed E-state index contributed by atoms with van der Waals surface area (Å²) in [6.07, 6.45) is 2.82. The molecular weight excluding hydrogens is 270 g/mol. The number of rotatable bonds is 2. The molecule has 4 heteroatoms. The van der Waals surface area contributed by atoms with Crippen LogP contribution < -0.4 is 10.6 Å². The van der Waals surface area contributed by atoms with Gasteiger partial charge in [0.1, 0.15) is 0 Å². The first-order valence-electron chi connectivity index (χ1n) is 6.91. The second-order valence-corrected chi connectivity index (χ2v) is 5.57. The lowest BCUT2D eigenvalue weighted by molar-refractivity contribution is 0.637. The monoisotopic (exact) mass is 287 g/mol. The van der Waals surface area contributed by atoms with Crippen molar-refractivity contribution in [3.63, 3.8) is 0 Å². The molecule has 0 fully saturated rings. The van der Waals surface area contributed by atoms with E-state index < -0.39 is 0 Å². The van der Waals surface area contributed by atoms with E-state index in [1.54, 1.807) is 6.20 Å². The fourth-order valence-corrected chi connectivity index (χ4v) is 2.81. The highest BCUT2D eigenvalue weighted by molar-refractivity contribution is 6.32. The number of halogens is 1. The highest BCUT2D eigenvalue weighted by atomic mass is 35.5. The number of fused-ring (bicyclic) bond motifs is 1. The molecule has 104 valence electrons. The average Bonchev–Trinajstić information content (AvgIpc) is 2.66. The Morgan fingerprint density at radius 2 is 2.20 bits per heavy atom. The van der Waals surface area contributed by atoms with Crippen LogP contribution in [0.15, 0.2) is 36.5 Å². The summed E-state index contributed by atoms with van der Waals surface area (Å²) in [5.41, 5.74) is 4.71. The summed E-state index contributed by atoms with van der Waals surface area (Å²) < 4.78 is 0. The highest BCUT2D eigenvalue weighted by Crippen LogP contribution is 2.30. The van der Waals surface area contributed by atoms with E-state index in [4.69, 9.17) is 11.6 Å². The number of pyridine rings is 1. The van der Waals surface area contributed by atoms with Gasteiger partial charge >= 0.3 is 0 Å². The SMILES string of the molecule is Cc1cnc(Cl)c(NC2CCNCc3ccccc32)c1. The number of aromatic nitrogens is 1. The summed E-state index contributed by atoms with van der Waals surface area (Å²) in [4.78, 5) is 4.21. The van der Waals surface area contributed by atoms with Gasteiger partial charge in [0.2, 0.25) is 0 Å². The zero-order valence-corrected chi connectivity index (χ0v) is 12.2. The Morgan fingerprint density at radius 1 is 1.35 bits per heavy atom. The maximum atomic E-state index is 6.19. The van der Waals surface area contributed by atoms with Gasteiger partial charge in [-0.1, -0.05) is 35.9 Å². The summed E-state index contributed by atoms with van der Waals surface area (Å²) in [7, 11) is 0. The maximum Gasteiger partial charge on any atom is 0.152 e. The number of nitrogens with zero attached hydrogens (tertiary/aromatic N) is 1. The molecule has 20 heavy (non-hydrogen) atoms. The Morgan fingerprint density at radius 3 is 3.10 bits per heavy atom. The molecule has 0 saturated heterocycles. The lowest BCUT2D eigenvalue weighted by Crippen LogP contribution is -2.15. The summed E-state index contributed by atoms with van der Waals surface area (Å²) in [6, 6.07) is 10.9. The van der Waals surface area contributed by atoms with Crippen molar-refractivity contribution in [2.45, 2.75) is 25.9 Å². The van der Waals surface area contributed by atoms with E-state index >= 15 is 0 Å². The molecule has 2 heterocycles. The van der Waals surface area contributed by atoms with Crippen molar-refractivity contribution < 1.29 is 0 Å². The van der Waals surface area contributed by atoms with Gasteiger partial charge in [0.05, 0.1) is 11.7 Å². The van der Waals surface area contributed by atoms with E-state index in [9.17, 15) is 0 Å². The Hall–Kier alpha value is -1.58. The van der Waals surface area contributed by atoms with Crippen LogP contribution in [0.5, 0.6) is 0 Å². The first-order valence-corrected chi connectivity index (χ1v) is 7.29. The maximum absolute atomic E-state index is 6.19. The molecule has 0 radical (unpaired) electrons. The van der Waals surface area contributed by atoms with E-state index in [1.165, 1.54) is 11.1 Å². The minimum absolute atomic E-state index is 0.266. The number of nitrogens with one attached hydrogen (secondary N) is 2. The predicted molar refractivity (Wildman–Crippen MR) is 83.1 cm³/mol. The van der Waals surface area contributed by atoms with Gasteiger partial charge in [-0.3, -0.25) is 0 Å². The minimum atomic E-state index is 0.266. The molecule has 1 atom stereocenters. The van der Waals surface area contributed by atoms with Crippen molar-refractivity contribution in [1.82, 2.24) is 10.3 Å². The second kappa shape index (κ2) is 5.81. The summed E-state index contributed by atoms with van der Waals surface area (Å²) >= 11 is 6.19. The first-order chi connectivity index (χ1) is 9.74. The molecule has 1 aromatic heterocycles. The number of hydrogen-bond donors (Lipinski definition) is 2. The van der Waals surface area contributed by atoms with Gasteiger partial charge in [-0.2, -0.15) is 0 Å². The lowest BCUT2D eigenvalue weighted by Gasteiger charge is -2.21. The molecule has 0 aliphatic carbocycles. The van der Waals surface area contributed by atoms with Crippen molar-refractivity contribution in [2.75, 3.05) is 11.9 Å². The van der Waals surface area contributed by atoms with Crippen molar-refractivity contribution in [1.29, 1.82) is 0 Å². The quantitative estimate of drug-likeness (QED) is 0.827. The van der Waals surface area contributed by atoms with Crippen LogP contribution in [0, 0.1) is 6.92 Å². The Kier molecular flexibility index (Phi) is 3.90. The van der Waals surface area contributed by atoms with Crippen LogP contribution in [0.2, 0.25) is 5.15 Å². The van der Waals surface area contributed by atoms with Crippen LogP contribution >= 0.6 is 11.6 Å². The predicted octanol–water partition coefficient (Wildman–Crippen LogP) is 3.69. The molecule has 0 spiro atoms. The molecule has 1 aromatic carbocycles. The third-order valence-corrected chi connectivity index (χ3v) is 3.96. The van der Waals surface area contributed by atoms with Crippen LogP contribution in [0.25, 0.3) is 0 Å². The van der Waals surface area contributed by atoms with Gasteiger partial charge in [-0.25, -0.2) is 4.98 Å². The van der Waals surface area contributed by atoms with Crippen LogP contribution in [-0.4, -0.2) is 11.5 Å². The van der Waals surface area contributed by atoms with Crippen molar-refractivity contribution in [3.05, 3.63) is 58.4 Å². The van der Waals surface area contributed by atoms with Gasteiger partial charge in [0.25, 0.3) is 0 Å². The van der Waals surface area contributed by atoms with E-state index in [2.05, 4.69) is 45.9 Å². The smallest absolute Gasteiger partial charge is 0.152 e. The molecule has 1 unspecified atom stereocenters. The van der Waals surface area contributed by atoms with Gasteiger partial charge in [0.15, 0.2) is 5.15 Å². The van der Waals surface area contributed by atoms with Crippen molar-refractivity contribution in [3.8, 4) is 0 Å². The van der Waals surface area contributed by atoms with Crippen LogP contribution in [-0.2, 0) is 6.54 Å². The van der Waals surface area contributed by atoms with E-state index in [0.717, 1.165) is 30.8 Å². The molecule has 0 bridgehead atoms. The molecule has 1 aliphatic rings. The highest BCUT2D eigenvalue weighted by Gasteiger charge is 2.18. The number of hydrogen-bond acceptors (Lipinski definition) is 3. The summed E-state index contributed by atoms with van der Waals surface area (Å²) in [5, 5.41) is 7.54. The molecule has 3 rings (SSSR count). The van der Waals surface area contributed by atoms with Gasteiger partial charge in [0, 0.05) is 12.7 Å². The fraction of sp³-hybridized carbons (Fsp3) is 0.312. The Bertz CT molecular complexity index is 612. The average molecular weight is 288 g/mol. The van der Waals surface area contributed by atoms with E-state index in [1.807, 2.05) is 6.92 Å². The molecule has 0 saturated carbocycles. The third-order valence-electron chi connectivity index (χ3n) is 3.66. The molecule has 3 nitrogen and oxygen atoms in total. The van der Waals surface area contributed by atoms with Gasteiger partial charge < -0.3 is 10.6 Å². The largest absolute Gasteiger partial charge is 0.376 e. The number of benzene rings is 1. The Labute approximate surface area is 124 Å². The summed E-state index contributed by atoms with van der Waals surface area (Å²) in [5.74, 6) is 0. The zero-order chi connectivity index (χ0) is 13.9. The Balaban J connectivity index is 1.92. The first kappa shape index (κ1) is 13.4. The minimum Gasteiger partial charge on any atom is -0.376 e. The lowest BCUT2D eigenvalue weighted by atomic mass is 9.99. The fourth-order valence-electron chi connectivity index (χ4n) is 2.65. The normalized spacial score (nSPS) is 18.2. The van der Waals surface area contributed by atoms with Crippen molar-refractivity contribution >= 4 is 17.3 Å². The molecular formula is C16H18ClN3. The standard InChI is InChI=1S/C16H18ClN3/c1-11-8-15(16(17)19-9-11)20-14-6-7-18-10-12-4-2-3-5-13(12)14/h2-5,8-9,14,18,20H,6-7,10H2,1H3. The zero-order valence-electron chi connectivity index (χ0n) is 11.5. The van der Waals surface area contributed by atoms with Crippen LogP contribution in [0.1, 0.15) is 29.2 Å². The van der Waals surface area contributed by atoms with Gasteiger partial charge in [-0.05, 0) is 42.6 Å². The number of anilines is 1. The van der Waals surface area contributed by atoms with Crippen LogP contribution in [0.4, 0.5) is 5.69 Å².